The van der Waals surface area contributed by atoms with Gasteiger partial charge >= 0.3 is 5.97 Å². The molecule has 1 aromatic carbocycles. The molecule has 4 heteroatoms. The summed E-state index contributed by atoms with van der Waals surface area (Å²) in [6, 6.07) is 5.36. The molecule has 0 aliphatic heterocycles. The van der Waals surface area contributed by atoms with E-state index in [0.29, 0.717) is 10.6 Å². The van der Waals surface area contributed by atoms with Gasteiger partial charge in [-0.05, 0) is 37.0 Å². The summed E-state index contributed by atoms with van der Waals surface area (Å²) < 4.78 is 0. The Kier molecular flexibility index (Phi) is 2.68. The Morgan fingerprint density at radius 3 is 2.62 bits per heavy atom. The number of aliphatic hydroxyl groups is 1. The molecule has 0 aromatic heterocycles. The number of hydrogen-bond acceptors (Lipinski definition) is 2. The van der Waals surface area contributed by atoms with Crippen molar-refractivity contribution < 1.29 is 15.0 Å². The van der Waals surface area contributed by atoms with Crippen molar-refractivity contribution >= 4 is 17.6 Å². The normalized spacial score (nSPS) is 28.6. The molecule has 0 saturated heterocycles. The van der Waals surface area contributed by atoms with Gasteiger partial charge < -0.3 is 10.2 Å². The third kappa shape index (κ3) is 1.81. The zero-order valence-electron chi connectivity index (χ0n) is 8.90. The van der Waals surface area contributed by atoms with Crippen molar-refractivity contribution in [2.24, 2.45) is 5.92 Å². The molecule has 0 radical (unpaired) electrons. The van der Waals surface area contributed by atoms with E-state index in [0.717, 1.165) is 5.56 Å². The van der Waals surface area contributed by atoms with Gasteiger partial charge in [0, 0.05) is 5.02 Å². The third-order valence-electron chi connectivity index (χ3n) is 3.23. The lowest BCUT2D eigenvalue weighted by Gasteiger charge is -2.42. The highest BCUT2D eigenvalue weighted by atomic mass is 35.5. The van der Waals surface area contributed by atoms with Crippen LogP contribution in [0.2, 0.25) is 5.02 Å². The average molecular weight is 241 g/mol. The molecule has 2 rings (SSSR count). The second kappa shape index (κ2) is 3.75. The molecule has 0 amide bonds. The van der Waals surface area contributed by atoms with Crippen molar-refractivity contribution in [3.63, 3.8) is 0 Å². The van der Waals surface area contributed by atoms with Crippen LogP contribution in [-0.4, -0.2) is 16.2 Å². The summed E-state index contributed by atoms with van der Waals surface area (Å²) in [7, 11) is 0. The van der Waals surface area contributed by atoms with Crippen LogP contribution in [0.4, 0.5) is 0 Å². The molecule has 1 fully saturated rings. The molecular formula is C12H13ClO3. The van der Waals surface area contributed by atoms with E-state index in [4.69, 9.17) is 16.7 Å². The number of halogens is 1. The molecule has 3 nitrogen and oxygen atoms in total. The first-order chi connectivity index (χ1) is 7.42. The Morgan fingerprint density at radius 1 is 1.50 bits per heavy atom. The average Bonchev–Trinajstić information content (AvgIpc) is 2.17. The lowest BCUT2D eigenvalue weighted by molar-refractivity contribution is -0.159. The van der Waals surface area contributed by atoms with Crippen LogP contribution in [0.1, 0.15) is 24.0 Å². The van der Waals surface area contributed by atoms with Gasteiger partial charge in [-0.1, -0.05) is 23.7 Å². The lowest BCUT2D eigenvalue weighted by Crippen LogP contribution is -2.44. The molecule has 0 atom stereocenters. The number of aliphatic carboxylic acids is 1. The minimum absolute atomic E-state index is 0.266. The first-order valence-electron chi connectivity index (χ1n) is 5.14. The highest BCUT2D eigenvalue weighted by Crippen LogP contribution is 2.46. The number of benzene rings is 1. The fraction of sp³-hybridized carbons (Fsp3) is 0.417. The third-order valence-corrected chi connectivity index (χ3v) is 3.63. The SMILES string of the molecule is Cc1ccc(C2(O)CC(C(=O)O)C2)cc1Cl. The number of carboxylic acids is 1. The van der Waals surface area contributed by atoms with E-state index < -0.39 is 17.5 Å². The van der Waals surface area contributed by atoms with Gasteiger partial charge in [-0.3, -0.25) is 4.79 Å². The maximum atomic E-state index is 10.7. The minimum Gasteiger partial charge on any atom is -0.481 e. The summed E-state index contributed by atoms with van der Waals surface area (Å²) >= 11 is 5.97. The van der Waals surface area contributed by atoms with E-state index in [1.165, 1.54) is 0 Å². The van der Waals surface area contributed by atoms with Crippen LogP contribution >= 0.6 is 11.6 Å². The number of carbonyl (C=O) groups is 1. The van der Waals surface area contributed by atoms with E-state index in [-0.39, 0.29) is 12.8 Å². The predicted molar refractivity (Wildman–Crippen MR) is 60.4 cm³/mol. The topological polar surface area (TPSA) is 57.5 Å². The first-order valence-corrected chi connectivity index (χ1v) is 5.52. The summed E-state index contributed by atoms with van der Waals surface area (Å²) in [6.07, 6.45) is 0.531. The maximum Gasteiger partial charge on any atom is 0.306 e. The smallest absolute Gasteiger partial charge is 0.306 e. The van der Waals surface area contributed by atoms with Crippen molar-refractivity contribution in [1.82, 2.24) is 0 Å². The number of hydrogen-bond donors (Lipinski definition) is 2. The van der Waals surface area contributed by atoms with Crippen LogP contribution in [0.15, 0.2) is 18.2 Å². The molecule has 86 valence electrons. The van der Waals surface area contributed by atoms with Crippen molar-refractivity contribution in [3.05, 3.63) is 34.3 Å². The lowest BCUT2D eigenvalue weighted by atomic mass is 9.67. The Labute approximate surface area is 98.7 Å². The largest absolute Gasteiger partial charge is 0.481 e. The van der Waals surface area contributed by atoms with Gasteiger partial charge in [0.1, 0.15) is 0 Å². The molecule has 16 heavy (non-hydrogen) atoms. The van der Waals surface area contributed by atoms with Crippen LogP contribution in [-0.2, 0) is 10.4 Å². The summed E-state index contributed by atoms with van der Waals surface area (Å²) in [6.45, 7) is 1.89. The van der Waals surface area contributed by atoms with Crippen molar-refractivity contribution in [2.45, 2.75) is 25.4 Å². The second-order valence-electron chi connectivity index (χ2n) is 4.44. The predicted octanol–water partition coefficient (Wildman–Crippen LogP) is 2.33. The van der Waals surface area contributed by atoms with Gasteiger partial charge in [-0.15, -0.1) is 0 Å². The molecule has 0 spiro atoms. The Balaban J connectivity index is 2.20. The molecule has 0 heterocycles. The molecule has 1 aliphatic carbocycles. The zero-order valence-corrected chi connectivity index (χ0v) is 9.66. The number of carboxylic acid groups (broad SMARTS) is 1. The second-order valence-corrected chi connectivity index (χ2v) is 4.85. The van der Waals surface area contributed by atoms with Crippen LogP contribution in [0.25, 0.3) is 0 Å². The van der Waals surface area contributed by atoms with Gasteiger partial charge in [0.15, 0.2) is 0 Å². The fourth-order valence-corrected chi connectivity index (χ4v) is 2.23. The quantitative estimate of drug-likeness (QED) is 0.834. The highest BCUT2D eigenvalue weighted by molar-refractivity contribution is 6.31. The number of aryl methyl sites for hydroxylation is 1. The van der Waals surface area contributed by atoms with Gasteiger partial charge in [-0.2, -0.15) is 0 Å². The standard InChI is InChI=1S/C12H13ClO3/c1-7-2-3-9(4-10(7)13)12(16)5-8(6-12)11(14)15/h2-4,8,16H,5-6H2,1H3,(H,14,15). The zero-order chi connectivity index (χ0) is 11.9. The monoisotopic (exact) mass is 240 g/mol. The van der Waals surface area contributed by atoms with Crippen LogP contribution in [0.3, 0.4) is 0 Å². The molecule has 1 saturated carbocycles. The summed E-state index contributed by atoms with van der Waals surface area (Å²) in [4.78, 5) is 10.7. The minimum atomic E-state index is -1.01. The van der Waals surface area contributed by atoms with Gasteiger partial charge in [0.2, 0.25) is 0 Å². The molecule has 0 unspecified atom stereocenters. The van der Waals surface area contributed by atoms with Crippen LogP contribution in [0.5, 0.6) is 0 Å². The van der Waals surface area contributed by atoms with E-state index in [9.17, 15) is 9.90 Å². The Hall–Kier alpha value is -1.06. The molecule has 1 aliphatic rings. The highest BCUT2D eigenvalue weighted by Gasteiger charge is 2.47. The van der Waals surface area contributed by atoms with Crippen LogP contribution in [0, 0.1) is 12.8 Å². The maximum absolute atomic E-state index is 10.7. The summed E-state index contributed by atoms with van der Waals surface area (Å²) in [5.74, 6) is -1.28. The van der Waals surface area contributed by atoms with Crippen molar-refractivity contribution in [3.8, 4) is 0 Å². The van der Waals surface area contributed by atoms with E-state index in [1.807, 2.05) is 13.0 Å². The summed E-state index contributed by atoms with van der Waals surface area (Å²) in [5, 5.41) is 19.6. The molecular weight excluding hydrogens is 228 g/mol. The van der Waals surface area contributed by atoms with E-state index >= 15 is 0 Å². The molecule has 0 bridgehead atoms. The Morgan fingerprint density at radius 2 is 2.12 bits per heavy atom. The van der Waals surface area contributed by atoms with Crippen LogP contribution < -0.4 is 0 Å². The van der Waals surface area contributed by atoms with E-state index in [1.54, 1.807) is 12.1 Å². The van der Waals surface area contributed by atoms with Gasteiger partial charge in [-0.25, -0.2) is 0 Å². The Bertz CT molecular complexity index is 436. The van der Waals surface area contributed by atoms with E-state index in [2.05, 4.69) is 0 Å². The molecule has 1 aromatic rings. The number of rotatable bonds is 2. The van der Waals surface area contributed by atoms with Gasteiger partial charge in [0.25, 0.3) is 0 Å². The molecule has 2 N–H and O–H groups in total. The van der Waals surface area contributed by atoms with Crippen molar-refractivity contribution in [1.29, 1.82) is 0 Å². The van der Waals surface area contributed by atoms with Crippen molar-refractivity contribution in [2.75, 3.05) is 0 Å². The fourth-order valence-electron chi connectivity index (χ4n) is 2.05. The van der Waals surface area contributed by atoms with Gasteiger partial charge in [0.05, 0.1) is 11.5 Å². The summed E-state index contributed by atoms with van der Waals surface area (Å²) in [5.41, 5.74) is 0.643. The first kappa shape index (κ1) is 11.4.